The minimum atomic E-state index is -0.917. The smallest absolute Gasteiger partial charge is 0.327 e. The molecule has 118 valence electrons. The Labute approximate surface area is 130 Å². The molecule has 1 aliphatic carbocycles. The molecule has 0 bridgehead atoms. The number of thioether (sulfide) groups is 1. The van der Waals surface area contributed by atoms with Crippen LogP contribution in [0.15, 0.2) is 11.6 Å². The van der Waals surface area contributed by atoms with Crippen molar-refractivity contribution < 1.29 is 14.7 Å². The third-order valence-corrected chi connectivity index (χ3v) is 5.60. The van der Waals surface area contributed by atoms with Gasteiger partial charge in [-0.2, -0.15) is 0 Å². The summed E-state index contributed by atoms with van der Waals surface area (Å²) in [4.78, 5) is 25.2. The van der Waals surface area contributed by atoms with Crippen molar-refractivity contribution >= 4 is 23.8 Å². The van der Waals surface area contributed by atoms with Gasteiger partial charge in [0.1, 0.15) is 6.04 Å². The van der Waals surface area contributed by atoms with Crippen LogP contribution in [0.5, 0.6) is 0 Å². The third kappa shape index (κ3) is 3.93. The molecule has 5 nitrogen and oxygen atoms in total. The monoisotopic (exact) mass is 312 g/mol. The number of hydrogen-bond donors (Lipinski definition) is 2. The summed E-state index contributed by atoms with van der Waals surface area (Å²) in [6, 6.07) is -0.960. The van der Waals surface area contributed by atoms with Crippen LogP contribution in [0.1, 0.15) is 39.5 Å². The number of urea groups is 1. The Bertz CT molecular complexity index is 437. The first-order chi connectivity index (χ1) is 10.0. The molecule has 2 amide bonds. The molecule has 2 N–H and O–H groups in total. The molecule has 2 aliphatic rings. The highest BCUT2D eigenvalue weighted by atomic mass is 32.2. The number of hydrogen-bond acceptors (Lipinski definition) is 3. The second-order valence-corrected chi connectivity index (χ2v) is 7.12. The zero-order valence-electron chi connectivity index (χ0n) is 12.7. The predicted molar refractivity (Wildman–Crippen MR) is 84.3 cm³/mol. The Morgan fingerprint density at radius 3 is 2.86 bits per heavy atom. The maximum absolute atomic E-state index is 12.4. The Balaban J connectivity index is 1.91. The van der Waals surface area contributed by atoms with E-state index in [1.54, 1.807) is 11.8 Å². The van der Waals surface area contributed by atoms with Gasteiger partial charge >= 0.3 is 12.0 Å². The lowest BCUT2D eigenvalue weighted by atomic mass is 10.1. The summed E-state index contributed by atoms with van der Waals surface area (Å²) in [6.45, 7) is 4.63. The number of allylic oxidation sites excluding steroid dienone is 1. The van der Waals surface area contributed by atoms with Crippen molar-refractivity contribution in [2.75, 3.05) is 12.3 Å². The molecule has 1 saturated heterocycles. The summed E-state index contributed by atoms with van der Waals surface area (Å²) in [7, 11) is 0. The number of amides is 2. The Hall–Kier alpha value is -1.17. The van der Waals surface area contributed by atoms with Crippen LogP contribution in [0.25, 0.3) is 0 Å². The van der Waals surface area contributed by atoms with Gasteiger partial charge in [-0.3, -0.25) is 4.90 Å². The lowest BCUT2D eigenvalue weighted by Gasteiger charge is -2.29. The summed E-state index contributed by atoms with van der Waals surface area (Å²) in [5, 5.41) is 12.1. The van der Waals surface area contributed by atoms with Crippen molar-refractivity contribution in [2.45, 2.75) is 50.9 Å². The molecule has 2 atom stereocenters. The molecule has 0 aromatic carbocycles. The van der Waals surface area contributed by atoms with Gasteiger partial charge in [-0.15, -0.1) is 11.8 Å². The minimum Gasteiger partial charge on any atom is -0.480 e. The molecule has 0 aromatic heterocycles. The second kappa shape index (κ2) is 7.20. The molecule has 1 aliphatic heterocycles. The van der Waals surface area contributed by atoms with Crippen LogP contribution >= 0.6 is 11.8 Å². The fourth-order valence-corrected chi connectivity index (χ4v) is 4.35. The van der Waals surface area contributed by atoms with Crippen molar-refractivity contribution in [3.8, 4) is 0 Å². The van der Waals surface area contributed by atoms with E-state index in [9.17, 15) is 14.7 Å². The molecule has 2 unspecified atom stereocenters. The maximum Gasteiger partial charge on any atom is 0.327 e. The first-order valence-electron chi connectivity index (χ1n) is 7.59. The molecule has 1 heterocycles. The summed E-state index contributed by atoms with van der Waals surface area (Å²) in [6.07, 6.45) is 6.60. The van der Waals surface area contributed by atoms with Crippen molar-refractivity contribution in [1.29, 1.82) is 0 Å². The predicted octanol–water partition coefficient (Wildman–Crippen LogP) is 2.68. The van der Waals surface area contributed by atoms with E-state index in [0.29, 0.717) is 12.3 Å². The molecule has 21 heavy (non-hydrogen) atoms. The summed E-state index contributed by atoms with van der Waals surface area (Å²) in [5.74, 6) is -0.210. The zero-order chi connectivity index (χ0) is 15.4. The van der Waals surface area contributed by atoms with Crippen LogP contribution in [0, 0.1) is 5.92 Å². The number of carbonyl (C=O) groups excluding carboxylic acids is 1. The van der Waals surface area contributed by atoms with E-state index in [1.807, 2.05) is 13.8 Å². The Kier molecular flexibility index (Phi) is 5.56. The number of nitrogens with one attached hydrogen (secondary N) is 1. The highest BCUT2D eigenvalue weighted by molar-refractivity contribution is 8.00. The molecule has 6 heteroatoms. The molecule has 2 rings (SSSR count). The van der Waals surface area contributed by atoms with E-state index in [1.165, 1.54) is 16.9 Å². The van der Waals surface area contributed by atoms with E-state index in [0.717, 1.165) is 19.3 Å². The number of rotatable bonds is 5. The van der Waals surface area contributed by atoms with Crippen LogP contribution < -0.4 is 5.32 Å². The normalized spacial score (nSPS) is 25.3. The van der Waals surface area contributed by atoms with Crippen molar-refractivity contribution in [2.24, 2.45) is 5.92 Å². The van der Waals surface area contributed by atoms with Gasteiger partial charge in [0.2, 0.25) is 0 Å². The van der Waals surface area contributed by atoms with Gasteiger partial charge in [-0.1, -0.05) is 25.5 Å². The maximum atomic E-state index is 12.4. The fraction of sp³-hybridized carbons (Fsp3) is 0.733. The molecule has 0 spiro atoms. The molecule has 0 radical (unpaired) electrons. The SMILES string of the molecule is CC(C)C1SCC(C(=O)O)N1C(=O)NCCC1=CCCC1. The van der Waals surface area contributed by atoms with Crippen LogP contribution in [0.4, 0.5) is 4.79 Å². The average Bonchev–Trinajstić information content (AvgIpc) is 3.07. The quantitative estimate of drug-likeness (QED) is 0.766. The molecular weight excluding hydrogens is 288 g/mol. The van der Waals surface area contributed by atoms with Crippen LogP contribution in [-0.2, 0) is 4.79 Å². The highest BCUT2D eigenvalue weighted by Crippen LogP contribution is 2.34. The molecule has 0 saturated carbocycles. The molecule has 0 aromatic rings. The van der Waals surface area contributed by atoms with E-state index in [4.69, 9.17) is 0 Å². The highest BCUT2D eigenvalue weighted by Gasteiger charge is 2.42. The van der Waals surface area contributed by atoms with Gasteiger partial charge in [-0.05, 0) is 31.6 Å². The first kappa shape index (κ1) is 16.2. The van der Waals surface area contributed by atoms with Gasteiger partial charge < -0.3 is 10.4 Å². The zero-order valence-corrected chi connectivity index (χ0v) is 13.5. The van der Waals surface area contributed by atoms with Crippen molar-refractivity contribution in [3.63, 3.8) is 0 Å². The van der Waals surface area contributed by atoms with Gasteiger partial charge in [0, 0.05) is 12.3 Å². The average molecular weight is 312 g/mol. The van der Waals surface area contributed by atoms with E-state index < -0.39 is 12.0 Å². The lowest BCUT2D eigenvalue weighted by molar-refractivity contribution is -0.141. The first-order valence-corrected chi connectivity index (χ1v) is 8.64. The van der Waals surface area contributed by atoms with Crippen LogP contribution in [0.2, 0.25) is 0 Å². The van der Waals surface area contributed by atoms with Crippen molar-refractivity contribution in [1.82, 2.24) is 10.2 Å². The number of nitrogens with zero attached hydrogens (tertiary/aromatic N) is 1. The number of carboxylic acids is 1. The summed E-state index contributed by atoms with van der Waals surface area (Å²) in [5.41, 5.74) is 1.40. The van der Waals surface area contributed by atoms with Crippen LogP contribution in [0.3, 0.4) is 0 Å². The van der Waals surface area contributed by atoms with Crippen LogP contribution in [-0.4, -0.2) is 45.7 Å². The van der Waals surface area contributed by atoms with E-state index in [2.05, 4.69) is 11.4 Å². The molecular formula is C15H24N2O3S. The van der Waals surface area contributed by atoms with E-state index >= 15 is 0 Å². The van der Waals surface area contributed by atoms with Gasteiger partial charge in [0.25, 0.3) is 0 Å². The minimum absolute atomic E-state index is 0.0585. The summed E-state index contributed by atoms with van der Waals surface area (Å²) < 4.78 is 0. The summed E-state index contributed by atoms with van der Waals surface area (Å²) >= 11 is 1.55. The number of aliphatic carboxylic acids is 1. The topological polar surface area (TPSA) is 69.6 Å². The van der Waals surface area contributed by atoms with Gasteiger partial charge in [0.05, 0.1) is 5.37 Å². The number of carboxylic acid groups (broad SMARTS) is 1. The van der Waals surface area contributed by atoms with E-state index in [-0.39, 0.29) is 17.3 Å². The second-order valence-electron chi connectivity index (χ2n) is 5.97. The largest absolute Gasteiger partial charge is 0.480 e. The fourth-order valence-electron chi connectivity index (χ4n) is 2.87. The Morgan fingerprint density at radius 2 is 2.29 bits per heavy atom. The van der Waals surface area contributed by atoms with Gasteiger partial charge in [0.15, 0.2) is 0 Å². The van der Waals surface area contributed by atoms with Gasteiger partial charge in [-0.25, -0.2) is 9.59 Å². The lowest BCUT2D eigenvalue weighted by Crippen LogP contribution is -2.51. The number of carbonyl (C=O) groups is 2. The van der Waals surface area contributed by atoms with Crippen molar-refractivity contribution in [3.05, 3.63) is 11.6 Å². The third-order valence-electron chi connectivity index (χ3n) is 3.98. The Morgan fingerprint density at radius 1 is 1.52 bits per heavy atom. The standard InChI is InChI=1S/C15H24N2O3S/c1-10(2)13-17(12(9-21-13)14(18)19)15(20)16-8-7-11-5-3-4-6-11/h5,10,12-13H,3-4,6-9H2,1-2H3,(H,16,20)(H,18,19). The molecule has 1 fully saturated rings.